The zero-order chi connectivity index (χ0) is 21.1. The first-order chi connectivity index (χ1) is 15.1. The van der Waals surface area contributed by atoms with Crippen molar-refractivity contribution in [3.8, 4) is 34.1 Å². The predicted octanol–water partition coefficient (Wildman–Crippen LogP) is 3.09. The summed E-state index contributed by atoms with van der Waals surface area (Å²) in [7, 11) is 1.31. The maximum atomic E-state index is 13.1. The Morgan fingerprint density at radius 2 is 1.77 bits per heavy atom. The summed E-state index contributed by atoms with van der Waals surface area (Å²) in [6.45, 7) is 0.482. The van der Waals surface area contributed by atoms with Gasteiger partial charge in [-0.15, -0.1) is 0 Å². The van der Waals surface area contributed by atoms with E-state index in [1.165, 1.54) is 12.0 Å². The fraction of sp³-hybridized carbons (Fsp3) is 0.217. The average Bonchev–Trinajstić information content (AvgIpc) is 3.51. The molecule has 8 nitrogen and oxygen atoms in total. The highest BCUT2D eigenvalue weighted by Crippen LogP contribution is 2.49. The van der Waals surface area contributed by atoms with Gasteiger partial charge in [-0.05, 0) is 46.3 Å². The smallest absolute Gasteiger partial charge is 0.325 e. The first-order valence-corrected chi connectivity index (χ1v) is 9.78. The van der Waals surface area contributed by atoms with Crippen molar-refractivity contribution in [2.24, 2.45) is 0 Å². The fourth-order valence-electron chi connectivity index (χ4n) is 4.40. The molecule has 0 atom stereocenters. The van der Waals surface area contributed by atoms with Crippen LogP contribution in [0.2, 0.25) is 0 Å². The number of benzene rings is 3. The van der Waals surface area contributed by atoms with E-state index in [9.17, 15) is 9.59 Å². The molecule has 0 unspecified atom stereocenters. The Kier molecular flexibility index (Phi) is 3.77. The molecule has 3 heterocycles. The van der Waals surface area contributed by atoms with Crippen LogP contribution in [0, 0.1) is 0 Å². The van der Waals surface area contributed by atoms with Gasteiger partial charge in [0.15, 0.2) is 23.0 Å². The quantitative estimate of drug-likeness (QED) is 0.603. The molecular formula is C23H17NO7. The summed E-state index contributed by atoms with van der Waals surface area (Å²) in [5.41, 5.74) is 3.10. The van der Waals surface area contributed by atoms with E-state index >= 15 is 0 Å². The molecule has 6 rings (SSSR count). The first kappa shape index (κ1) is 17.9. The minimum atomic E-state index is -0.465. The number of carbonyl (C=O) groups is 2. The molecule has 0 radical (unpaired) electrons. The van der Waals surface area contributed by atoms with Crippen molar-refractivity contribution in [3.63, 3.8) is 0 Å². The Hall–Kier alpha value is -3.94. The molecule has 0 aromatic heterocycles. The zero-order valence-electron chi connectivity index (χ0n) is 16.6. The SMILES string of the molecule is COC(=O)CN1Cc2c(cc3ccc4c(c3c2-c2ccc3c(c2)OCO3)OCO4)C1=O. The topological polar surface area (TPSA) is 83.5 Å². The summed E-state index contributed by atoms with van der Waals surface area (Å²) in [6.07, 6.45) is 0. The van der Waals surface area contributed by atoms with Crippen LogP contribution < -0.4 is 18.9 Å². The summed E-state index contributed by atoms with van der Waals surface area (Å²) >= 11 is 0. The van der Waals surface area contributed by atoms with Gasteiger partial charge < -0.3 is 28.6 Å². The van der Waals surface area contributed by atoms with E-state index in [2.05, 4.69) is 0 Å². The highest BCUT2D eigenvalue weighted by molar-refractivity contribution is 6.12. The van der Waals surface area contributed by atoms with Crippen LogP contribution in [0.3, 0.4) is 0 Å². The van der Waals surface area contributed by atoms with Crippen LogP contribution in [0.4, 0.5) is 0 Å². The molecule has 0 aliphatic carbocycles. The highest BCUT2D eigenvalue weighted by atomic mass is 16.7. The zero-order valence-corrected chi connectivity index (χ0v) is 16.6. The van der Waals surface area contributed by atoms with Crippen molar-refractivity contribution >= 4 is 22.6 Å². The molecule has 0 fully saturated rings. The van der Waals surface area contributed by atoms with Gasteiger partial charge in [-0.2, -0.15) is 0 Å². The van der Waals surface area contributed by atoms with Gasteiger partial charge in [0.25, 0.3) is 5.91 Å². The molecule has 3 aromatic rings. The van der Waals surface area contributed by atoms with Crippen LogP contribution in [0.1, 0.15) is 15.9 Å². The number of rotatable bonds is 3. The molecule has 0 saturated carbocycles. The van der Waals surface area contributed by atoms with Crippen LogP contribution in [-0.4, -0.2) is 44.0 Å². The third-order valence-electron chi connectivity index (χ3n) is 5.82. The number of carbonyl (C=O) groups excluding carboxylic acids is 2. The normalized spacial score (nSPS) is 15.5. The van der Waals surface area contributed by atoms with Gasteiger partial charge in [-0.3, -0.25) is 9.59 Å². The fourth-order valence-corrected chi connectivity index (χ4v) is 4.40. The van der Waals surface area contributed by atoms with Crippen molar-refractivity contribution in [3.05, 3.63) is 47.5 Å². The molecular weight excluding hydrogens is 402 g/mol. The molecule has 0 bridgehead atoms. The van der Waals surface area contributed by atoms with Gasteiger partial charge >= 0.3 is 5.97 Å². The summed E-state index contributed by atoms with van der Waals surface area (Å²) in [5.74, 6) is 1.95. The van der Waals surface area contributed by atoms with E-state index in [1.54, 1.807) is 0 Å². The second-order valence-electron chi connectivity index (χ2n) is 7.48. The molecule has 0 spiro atoms. The summed E-state index contributed by atoms with van der Waals surface area (Å²) < 4.78 is 27.2. The van der Waals surface area contributed by atoms with Gasteiger partial charge in [0, 0.05) is 17.5 Å². The van der Waals surface area contributed by atoms with E-state index in [4.69, 9.17) is 23.7 Å². The third-order valence-corrected chi connectivity index (χ3v) is 5.82. The average molecular weight is 419 g/mol. The Bertz CT molecular complexity index is 1280. The van der Waals surface area contributed by atoms with Gasteiger partial charge in [-0.25, -0.2) is 0 Å². The molecule has 3 aromatic carbocycles. The monoisotopic (exact) mass is 419 g/mol. The lowest BCUT2D eigenvalue weighted by molar-refractivity contribution is -0.141. The maximum absolute atomic E-state index is 13.1. The van der Waals surface area contributed by atoms with Gasteiger partial charge in [0.05, 0.1) is 7.11 Å². The van der Waals surface area contributed by atoms with E-state index in [0.717, 1.165) is 27.5 Å². The highest BCUT2D eigenvalue weighted by Gasteiger charge is 2.34. The van der Waals surface area contributed by atoms with Crippen LogP contribution in [-0.2, 0) is 16.1 Å². The Morgan fingerprint density at radius 1 is 1.00 bits per heavy atom. The van der Waals surface area contributed by atoms with Gasteiger partial charge in [-0.1, -0.05) is 12.1 Å². The third kappa shape index (κ3) is 2.61. The lowest BCUT2D eigenvalue weighted by Gasteiger charge is -2.15. The molecule has 156 valence electrons. The molecule has 8 heteroatoms. The number of hydrogen-bond donors (Lipinski definition) is 0. The van der Waals surface area contributed by atoms with Crippen molar-refractivity contribution in [2.75, 3.05) is 27.2 Å². The number of methoxy groups -OCH3 is 1. The predicted molar refractivity (Wildman–Crippen MR) is 108 cm³/mol. The Balaban J connectivity index is 1.61. The second kappa shape index (κ2) is 6.53. The Labute approximate surface area is 176 Å². The second-order valence-corrected chi connectivity index (χ2v) is 7.48. The largest absolute Gasteiger partial charge is 0.468 e. The van der Waals surface area contributed by atoms with E-state index in [-0.39, 0.29) is 32.6 Å². The van der Waals surface area contributed by atoms with Crippen LogP contribution in [0.15, 0.2) is 36.4 Å². The van der Waals surface area contributed by atoms with Crippen molar-refractivity contribution in [2.45, 2.75) is 6.54 Å². The van der Waals surface area contributed by atoms with Crippen molar-refractivity contribution in [1.82, 2.24) is 4.90 Å². The van der Waals surface area contributed by atoms with Crippen molar-refractivity contribution < 1.29 is 33.3 Å². The van der Waals surface area contributed by atoms with Gasteiger partial charge in [0.1, 0.15) is 6.54 Å². The van der Waals surface area contributed by atoms with E-state index < -0.39 is 5.97 Å². The lowest BCUT2D eigenvalue weighted by Crippen LogP contribution is -2.30. The number of fused-ring (bicyclic) bond motifs is 5. The van der Waals surface area contributed by atoms with E-state index in [0.29, 0.717) is 28.6 Å². The number of nitrogens with zero attached hydrogens (tertiary/aromatic N) is 1. The number of hydrogen-bond acceptors (Lipinski definition) is 7. The summed E-state index contributed by atoms with van der Waals surface area (Å²) in [4.78, 5) is 26.5. The number of esters is 1. The van der Waals surface area contributed by atoms with Crippen molar-refractivity contribution in [1.29, 1.82) is 0 Å². The number of amides is 1. The standard InChI is InChI=1S/C23H17NO7/c1-27-19(25)9-24-8-15-14(23(24)26)6-12-3-5-17-22(31-11-29-17)21(12)20(15)13-2-4-16-18(7-13)30-10-28-16/h2-7H,8-11H2,1H3. The minimum absolute atomic E-state index is 0.112. The lowest BCUT2D eigenvalue weighted by atomic mass is 9.90. The summed E-state index contributed by atoms with van der Waals surface area (Å²) in [5, 5.41) is 1.71. The van der Waals surface area contributed by atoms with Crippen LogP contribution in [0.25, 0.3) is 21.9 Å². The molecule has 31 heavy (non-hydrogen) atoms. The minimum Gasteiger partial charge on any atom is -0.468 e. The molecule has 3 aliphatic heterocycles. The first-order valence-electron chi connectivity index (χ1n) is 9.78. The number of ether oxygens (including phenoxy) is 5. The molecule has 0 N–H and O–H groups in total. The maximum Gasteiger partial charge on any atom is 0.325 e. The molecule has 0 saturated heterocycles. The Morgan fingerprint density at radius 3 is 2.65 bits per heavy atom. The molecule has 1 amide bonds. The summed E-state index contributed by atoms with van der Waals surface area (Å²) in [6, 6.07) is 11.3. The van der Waals surface area contributed by atoms with Crippen LogP contribution in [0.5, 0.6) is 23.0 Å². The molecule has 3 aliphatic rings. The van der Waals surface area contributed by atoms with E-state index in [1.807, 2.05) is 36.4 Å². The van der Waals surface area contributed by atoms with Crippen LogP contribution >= 0.6 is 0 Å². The van der Waals surface area contributed by atoms with Gasteiger partial charge in [0.2, 0.25) is 13.6 Å².